The first kappa shape index (κ1) is 18.6. The summed E-state index contributed by atoms with van der Waals surface area (Å²) in [7, 11) is 1.62. The van der Waals surface area contributed by atoms with E-state index in [2.05, 4.69) is 11.8 Å². The third-order valence-corrected chi connectivity index (χ3v) is 3.53. The number of methoxy groups -OCH3 is 1. The first-order valence-electron chi connectivity index (χ1n) is 8.47. The lowest BCUT2D eigenvalue weighted by molar-refractivity contribution is -0.106. The molecular formula is C19H26O5. The highest BCUT2D eigenvalue weighted by Crippen LogP contribution is 2.30. The minimum absolute atomic E-state index is 0.226. The van der Waals surface area contributed by atoms with E-state index in [0.717, 1.165) is 31.4 Å². The van der Waals surface area contributed by atoms with Crippen LogP contribution in [0.5, 0.6) is 11.5 Å². The molecule has 1 atom stereocenters. The van der Waals surface area contributed by atoms with Crippen LogP contribution in [-0.2, 0) is 14.2 Å². The van der Waals surface area contributed by atoms with Gasteiger partial charge in [-0.2, -0.15) is 0 Å². The molecule has 5 heteroatoms. The van der Waals surface area contributed by atoms with Crippen LogP contribution in [0.3, 0.4) is 0 Å². The molecule has 0 aromatic heterocycles. The van der Waals surface area contributed by atoms with E-state index in [1.807, 2.05) is 32.0 Å². The van der Waals surface area contributed by atoms with Crippen molar-refractivity contribution in [1.82, 2.24) is 0 Å². The van der Waals surface area contributed by atoms with Gasteiger partial charge in [0.15, 0.2) is 17.8 Å². The summed E-state index contributed by atoms with van der Waals surface area (Å²) >= 11 is 0. The molecule has 24 heavy (non-hydrogen) atoms. The summed E-state index contributed by atoms with van der Waals surface area (Å²) in [5.74, 6) is 7.36. The zero-order valence-electron chi connectivity index (χ0n) is 14.7. The molecule has 0 N–H and O–H groups in total. The Hall–Kier alpha value is -1.74. The van der Waals surface area contributed by atoms with Gasteiger partial charge in [-0.3, -0.25) is 0 Å². The fourth-order valence-electron chi connectivity index (χ4n) is 2.37. The van der Waals surface area contributed by atoms with Crippen LogP contribution in [0.15, 0.2) is 18.2 Å². The summed E-state index contributed by atoms with van der Waals surface area (Å²) in [4.78, 5) is 0. The second-order valence-electron chi connectivity index (χ2n) is 5.29. The average molecular weight is 334 g/mol. The molecule has 1 unspecified atom stereocenters. The number of hydrogen-bond donors (Lipinski definition) is 0. The molecule has 2 rings (SSSR count). The van der Waals surface area contributed by atoms with Crippen molar-refractivity contribution >= 4 is 0 Å². The maximum Gasteiger partial charge on any atom is 0.222 e. The molecule has 1 saturated heterocycles. The first-order valence-corrected chi connectivity index (χ1v) is 8.47. The molecule has 0 radical (unpaired) electrons. The molecule has 0 aliphatic carbocycles. The van der Waals surface area contributed by atoms with Gasteiger partial charge in [0.1, 0.15) is 0 Å². The Balaban J connectivity index is 2.12. The summed E-state index contributed by atoms with van der Waals surface area (Å²) in [6.45, 7) is 5.66. The largest absolute Gasteiger partial charge is 0.493 e. The van der Waals surface area contributed by atoms with E-state index in [4.69, 9.17) is 23.7 Å². The van der Waals surface area contributed by atoms with E-state index >= 15 is 0 Å². The summed E-state index contributed by atoms with van der Waals surface area (Å²) in [6, 6.07) is 5.59. The van der Waals surface area contributed by atoms with Crippen molar-refractivity contribution in [3.05, 3.63) is 23.8 Å². The predicted molar refractivity (Wildman–Crippen MR) is 91.1 cm³/mol. The standard InChI is InChI=1S/C19H26O5/c1-4-21-18(22-5-2)12-10-15-9-11-16(20-3)17(14-15)24-19-8-6-7-13-23-19/h9,11,14,18-19H,4-8,13H2,1-3H3. The minimum Gasteiger partial charge on any atom is -0.493 e. The van der Waals surface area contributed by atoms with Gasteiger partial charge in [-0.25, -0.2) is 0 Å². The Kier molecular flexibility index (Phi) is 7.90. The monoisotopic (exact) mass is 334 g/mol. The van der Waals surface area contributed by atoms with Gasteiger partial charge < -0.3 is 23.7 Å². The summed E-state index contributed by atoms with van der Waals surface area (Å²) in [5, 5.41) is 0. The second-order valence-corrected chi connectivity index (χ2v) is 5.29. The third kappa shape index (κ3) is 5.72. The van der Waals surface area contributed by atoms with Crippen LogP contribution >= 0.6 is 0 Å². The molecule has 0 saturated carbocycles. The number of hydrogen-bond acceptors (Lipinski definition) is 5. The van der Waals surface area contributed by atoms with Crippen LogP contribution in [0.25, 0.3) is 0 Å². The molecule has 5 nitrogen and oxygen atoms in total. The van der Waals surface area contributed by atoms with Gasteiger partial charge in [0.05, 0.1) is 13.7 Å². The smallest absolute Gasteiger partial charge is 0.222 e. The van der Waals surface area contributed by atoms with E-state index in [-0.39, 0.29) is 6.29 Å². The van der Waals surface area contributed by atoms with E-state index in [0.29, 0.717) is 24.7 Å². The van der Waals surface area contributed by atoms with Crippen molar-refractivity contribution in [2.75, 3.05) is 26.9 Å². The number of benzene rings is 1. The van der Waals surface area contributed by atoms with Gasteiger partial charge in [0.25, 0.3) is 0 Å². The Labute approximate surface area is 144 Å². The summed E-state index contributed by atoms with van der Waals surface area (Å²) < 4.78 is 27.8. The lowest BCUT2D eigenvalue weighted by atomic mass is 10.2. The Morgan fingerprint density at radius 3 is 2.58 bits per heavy atom. The molecule has 1 aliphatic rings. The van der Waals surface area contributed by atoms with Crippen molar-refractivity contribution in [2.24, 2.45) is 0 Å². The van der Waals surface area contributed by atoms with Crippen LogP contribution in [0.4, 0.5) is 0 Å². The van der Waals surface area contributed by atoms with Crippen molar-refractivity contribution in [3.8, 4) is 23.3 Å². The molecule has 1 fully saturated rings. The minimum atomic E-state index is -0.520. The maximum absolute atomic E-state index is 5.94. The van der Waals surface area contributed by atoms with Crippen molar-refractivity contribution in [2.45, 2.75) is 45.7 Å². The molecule has 132 valence electrons. The highest BCUT2D eigenvalue weighted by molar-refractivity contribution is 5.48. The summed E-state index contributed by atoms with van der Waals surface area (Å²) in [6.07, 6.45) is 2.33. The van der Waals surface area contributed by atoms with Crippen molar-refractivity contribution in [3.63, 3.8) is 0 Å². The molecule has 1 aromatic rings. The zero-order chi connectivity index (χ0) is 17.2. The van der Waals surface area contributed by atoms with Crippen LogP contribution < -0.4 is 9.47 Å². The first-order chi connectivity index (χ1) is 11.8. The van der Waals surface area contributed by atoms with Gasteiger partial charge in [-0.1, -0.05) is 5.92 Å². The third-order valence-electron chi connectivity index (χ3n) is 3.53. The predicted octanol–water partition coefficient (Wildman–Crippen LogP) is 3.35. The van der Waals surface area contributed by atoms with Gasteiger partial charge >= 0.3 is 0 Å². The Morgan fingerprint density at radius 2 is 1.96 bits per heavy atom. The number of ether oxygens (including phenoxy) is 5. The van der Waals surface area contributed by atoms with Crippen molar-refractivity contribution < 1.29 is 23.7 Å². The van der Waals surface area contributed by atoms with Crippen LogP contribution in [0.2, 0.25) is 0 Å². The SMILES string of the molecule is CCOC(C#Cc1ccc(OC)c(OC2CCCCO2)c1)OCC. The molecule has 1 aliphatic heterocycles. The van der Waals surface area contributed by atoms with Gasteiger partial charge in [0.2, 0.25) is 6.29 Å². The Morgan fingerprint density at radius 1 is 1.17 bits per heavy atom. The topological polar surface area (TPSA) is 46.2 Å². The van der Waals surface area contributed by atoms with Crippen molar-refractivity contribution in [1.29, 1.82) is 0 Å². The molecule has 1 heterocycles. The van der Waals surface area contributed by atoms with Gasteiger partial charge in [-0.15, -0.1) is 0 Å². The Bertz CT molecular complexity index is 549. The molecule has 0 bridgehead atoms. The fraction of sp³-hybridized carbons (Fsp3) is 0.579. The van der Waals surface area contributed by atoms with E-state index in [9.17, 15) is 0 Å². The quantitative estimate of drug-likeness (QED) is 0.565. The number of rotatable bonds is 7. The van der Waals surface area contributed by atoms with Gasteiger partial charge in [0, 0.05) is 25.2 Å². The van der Waals surface area contributed by atoms with E-state index < -0.39 is 6.29 Å². The van der Waals surface area contributed by atoms with E-state index in [1.54, 1.807) is 7.11 Å². The normalized spacial score (nSPS) is 17.2. The average Bonchev–Trinajstić information content (AvgIpc) is 2.61. The molecule has 1 aromatic carbocycles. The van der Waals surface area contributed by atoms with Crippen LogP contribution in [0.1, 0.15) is 38.7 Å². The van der Waals surface area contributed by atoms with Crippen LogP contribution in [0, 0.1) is 11.8 Å². The van der Waals surface area contributed by atoms with E-state index in [1.165, 1.54) is 0 Å². The highest BCUT2D eigenvalue weighted by atomic mass is 16.7. The zero-order valence-corrected chi connectivity index (χ0v) is 14.7. The maximum atomic E-state index is 5.94. The summed E-state index contributed by atoms with van der Waals surface area (Å²) in [5.41, 5.74) is 0.811. The lowest BCUT2D eigenvalue weighted by Gasteiger charge is -2.24. The van der Waals surface area contributed by atoms with Crippen LogP contribution in [-0.4, -0.2) is 39.5 Å². The molecule has 0 spiro atoms. The highest BCUT2D eigenvalue weighted by Gasteiger charge is 2.17. The second kappa shape index (κ2) is 10.2. The lowest BCUT2D eigenvalue weighted by Crippen LogP contribution is -2.25. The molecular weight excluding hydrogens is 308 g/mol. The fourth-order valence-corrected chi connectivity index (χ4v) is 2.37. The van der Waals surface area contributed by atoms with Gasteiger partial charge in [-0.05, 0) is 50.8 Å². The molecule has 0 amide bonds.